The Labute approximate surface area is 144 Å². The van der Waals surface area contributed by atoms with E-state index in [2.05, 4.69) is 27.4 Å². The minimum absolute atomic E-state index is 0.164. The highest BCUT2D eigenvalue weighted by Crippen LogP contribution is 2.20. The highest BCUT2D eigenvalue weighted by Gasteiger charge is 2.06. The lowest BCUT2D eigenvalue weighted by Crippen LogP contribution is -2.19. The van der Waals surface area contributed by atoms with Gasteiger partial charge in [-0.2, -0.15) is 5.10 Å². The largest absolute Gasteiger partial charge is 0.272 e. The van der Waals surface area contributed by atoms with Crippen molar-refractivity contribution in [3.63, 3.8) is 0 Å². The molecule has 0 radical (unpaired) electrons. The molecule has 2 rings (SSSR count). The molecule has 0 saturated carbocycles. The van der Waals surface area contributed by atoms with Crippen molar-refractivity contribution in [1.29, 1.82) is 0 Å². The molecule has 0 fully saturated rings. The Bertz CT molecular complexity index is 677. The van der Waals surface area contributed by atoms with Gasteiger partial charge in [-0.25, -0.2) is 15.4 Å². The molecule has 0 bridgehead atoms. The van der Waals surface area contributed by atoms with E-state index in [0.717, 1.165) is 27.2 Å². The van der Waals surface area contributed by atoms with Crippen molar-refractivity contribution in [3.8, 4) is 0 Å². The Hall–Kier alpha value is -1.86. The molecule has 1 aromatic heterocycles. The van der Waals surface area contributed by atoms with Crippen LogP contribution in [0.15, 0.2) is 51.7 Å². The van der Waals surface area contributed by atoms with Gasteiger partial charge in [0.15, 0.2) is 5.16 Å². The fraction of sp³-hybridized carbons (Fsp3) is 0.250. The van der Waals surface area contributed by atoms with Crippen LogP contribution in [0.3, 0.4) is 0 Å². The van der Waals surface area contributed by atoms with Crippen molar-refractivity contribution in [3.05, 3.63) is 47.7 Å². The summed E-state index contributed by atoms with van der Waals surface area (Å²) in [5.41, 5.74) is 4.36. The van der Waals surface area contributed by atoms with Gasteiger partial charge in [0.25, 0.3) is 0 Å². The van der Waals surface area contributed by atoms with Crippen molar-refractivity contribution in [1.82, 2.24) is 15.4 Å². The van der Waals surface area contributed by atoms with Crippen LogP contribution in [0.2, 0.25) is 0 Å². The number of amides is 1. The van der Waals surface area contributed by atoms with E-state index in [1.165, 1.54) is 11.8 Å². The van der Waals surface area contributed by atoms with Crippen LogP contribution in [0.4, 0.5) is 0 Å². The first-order valence-corrected chi connectivity index (χ1v) is 9.12. The SMILES string of the molecule is CCSc1nc(C)cc(SCC(=O)NN=Cc2ccccc2)n1. The summed E-state index contributed by atoms with van der Waals surface area (Å²) >= 11 is 2.97. The van der Waals surface area contributed by atoms with Gasteiger partial charge >= 0.3 is 0 Å². The van der Waals surface area contributed by atoms with Gasteiger partial charge in [-0.05, 0) is 24.3 Å². The summed E-state index contributed by atoms with van der Waals surface area (Å²) in [6.45, 7) is 3.98. The van der Waals surface area contributed by atoms with E-state index in [9.17, 15) is 4.79 Å². The number of rotatable bonds is 7. The van der Waals surface area contributed by atoms with Gasteiger partial charge in [-0.15, -0.1) is 0 Å². The second-order valence-electron chi connectivity index (χ2n) is 4.56. The Balaban J connectivity index is 1.83. The van der Waals surface area contributed by atoms with E-state index >= 15 is 0 Å². The molecule has 1 aromatic carbocycles. The molecule has 0 aliphatic carbocycles. The number of carbonyl (C=O) groups is 1. The zero-order valence-electron chi connectivity index (χ0n) is 13.0. The van der Waals surface area contributed by atoms with Crippen LogP contribution in [0.5, 0.6) is 0 Å². The van der Waals surface area contributed by atoms with E-state index in [0.29, 0.717) is 0 Å². The molecule has 7 heteroatoms. The third-order valence-electron chi connectivity index (χ3n) is 2.64. The molecule has 1 N–H and O–H groups in total. The normalized spacial score (nSPS) is 10.9. The summed E-state index contributed by atoms with van der Waals surface area (Å²) in [6, 6.07) is 11.5. The van der Waals surface area contributed by atoms with Gasteiger partial charge in [0, 0.05) is 5.69 Å². The number of benzene rings is 1. The Morgan fingerprint density at radius 1 is 1.26 bits per heavy atom. The van der Waals surface area contributed by atoms with E-state index in [4.69, 9.17) is 0 Å². The van der Waals surface area contributed by atoms with E-state index in [1.54, 1.807) is 18.0 Å². The molecule has 1 heterocycles. The molecule has 0 saturated heterocycles. The van der Waals surface area contributed by atoms with Gasteiger partial charge in [0.2, 0.25) is 5.91 Å². The lowest BCUT2D eigenvalue weighted by molar-refractivity contribution is -0.118. The molecule has 1 amide bonds. The maximum absolute atomic E-state index is 11.8. The van der Waals surface area contributed by atoms with Crippen molar-refractivity contribution in [2.75, 3.05) is 11.5 Å². The molecule has 23 heavy (non-hydrogen) atoms. The molecule has 0 unspecified atom stereocenters. The maximum Gasteiger partial charge on any atom is 0.250 e. The smallest absolute Gasteiger partial charge is 0.250 e. The summed E-state index contributed by atoms with van der Waals surface area (Å²) in [6.07, 6.45) is 1.62. The third-order valence-corrected chi connectivity index (χ3v) is 4.28. The summed E-state index contributed by atoms with van der Waals surface area (Å²) in [7, 11) is 0. The zero-order chi connectivity index (χ0) is 16.5. The zero-order valence-corrected chi connectivity index (χ0v) is 14.7. The average molecular weight is 346 g/mol. The average Bonchev–Trinajstić information content (AvgIpc) is 2.54. The van der Waals surface area contributed by atoms with Gasteiger partial charge in [-0.1, -0.05) is 60.8 Å². The first-order chi connectivity index (χ1) is 11.2. The van der Waals surface area contributed by atoms with Gasteiger partial charge in [-0.3, -0.25) is 4.79 Å². The predicted molar refractivity (Wildman–Crippen MR) is 96.1 cm³/mol. The summed E-state index contributed by atoms with van der Waals surface area (Å²) in [4.78, 5) is 20.6. The van der Waals surface area contributed by atoms with Crippen LogP contribution >= 0.6 is 23.5 Å². The van der Waals surface area contributed by atoms with Crippen LogP contribution in [-0.4, -0.2) is 33.6 Å². The summed E-state index contributed by atoms with van der Waals surface area (Å²) < 4.78 is 0. The number of nitrogens with one attached hydrogen (secondary N) is 1. The third kappa shape index (κ3) is 6.42. The number of thioether (sulfide) groups is 2. The lowest BCUT2D eigenvalue weighted by atomic mass is 10.2. The first-order valence-electron chi connectivity index (χ1n) is 7.15. The van der Waals surface area contributed by atoms with Crippen LogP contribution in [0.1, 0.15) is 18.2 Å². The predicted octanol–water partition coefficient (Wildman–Crippen LogP) is 3.14. The fourth-order valence-corrected chi connectivity index (χ4v) is 3.11. The molecule has 0 atom stereocenters. The van der Waals surface area contributed by atoms with Crippen molar-refractivity contribution < 1.29 is 4.79 Å². The summed E-state index contributed by atoms with van der Waals surface area (Å²) in [5.74, 6) is 1.02. The van der Waals surface area contributed by atoms with Gasteiger partial charge < -0.3 is 0 Å². The number of aryl methyl sites for hydroxylation is 1. The van der Waals surface area contributed by atoms with Crippen LogP contribution in [0, 0.1) is 6.92 Å². The molecular weight excluding hydrogens is 328 g/mol. The topological polar surface area (TPSA) is 67.2 Å². The van der Waals surface area contributed by atoms with Crippen LogP contribution in [0.25, 0.3) is 0 Å². The molecule has 0 aliphatic rings. The summed E-state index contributed by atoms with van der Waals surface area (Å²) in [5, 5.41) is 5.49. The standard InChI is InChI=1S/C16H18N4OS2/c1-3-22-16-18-12(2)9-15(19-16)23-11-14(21)20-17-10-13-7-5-4-6-8-13/h4-10H,3,11H2,1-2H3,(H,20,21). The minimum Gasteiger partial charge on any atom is -0.272 e. The minimum atomic E-state index is -0.164. The quantitative estimate of drug-likeness (QED) is 0.274. The molecule has 2 aromatic rings. The number of hydrogen-bond donors (Lipinski definition) is 1. The van der Waals surface area contributed by atoms with Gasteiger partial charge in [0.1, 0.15) is 5.03 Å². The molecule has 5 nitrogen and oxygen atoms in total. The number of nitrogens with zero attached hydrogens (tertiary/aromatic N) is 3. The molecule has 0 spiro atoms. The van der Waals surface area contributed by atoms with E-state index in [1.807, 2.05) is 43.3 Å². The Kier molecular flexibility index (Phi) is 7.09. The van der Waals surface area contributed by atoms with E-state index in [-0.39, 0.29) is 11.7 Å². The highest BCUT2D eigenvalue weighted by atomic mass is 32.2. The second-order valence-corrected chi connectivity index (χ2v) is 6.78. The highest BCUT2D eigenvalue weighted by molar-refractivity contribution is 8.00. The lowest BCUT2D eigenvalue weighted by Gasteiger charge is -2.04. The molecule has 0 aliphatic heterocycles. The first kappa shape index (κ1) is 17.5. The second kappa shape index (κ2) is 9.32. The Morgan fingerprint density at radius 2 is 2.04 bits per heavy atom. The number of aromatic nitrogens is 2. The van der Waals surface area contributed by atoms with Crippen LogP contribution in [-0.2, 0) is 4.79 Å². The Morgan fingerprint density at radius 3 is 2.78 bits per heavy atom. The van der Waals surface area contributed by atoms with Crippen molar-refractivity contribution >= 4 is 35.6 Å². The monoisotopic (exact) mass is 346 g/mol. The van der Waals surface area contributed by atoms with Crippen molar-refractivity contribution in [2.45, 2.75) is 24.0 Å². The number of carbonyl (C=O) groups excluding carboxylic acids is 1. The number of hydrazone groups is 1. The van der Waals surface area contributed by atoms with Gasteiger partial charge in [0.05, 0.1) is 12.0 Å². The maximum atomic E-state index is 11.8. The molecule has 120 valence electrons. The van der Waals surface area contributed by atoms with E-state index < -0.39 is 0 Å². The fourth-order valence-electron chi connectivity index (χ4n) is 1.67. The van der Waals surface area contributed by atoms with Crippen LogP contribution < -0.4 is 5.43 Å². The molecular formula is C16H18N4OS2. The van der Waals surface area contributed by atoms with Crippen molar-refractivity contribution in [2.24, 2.45) is 5.10 Å². The number of hydrogen-bond acceptors (Lipinski definition) is 6.